The van der Waals surface area contributed by atoms with Crippen molar-refractivity contribution in [2.75, 3.05) is 0 Å². The van der Waals surface area contributed by atoms with Gasteiger partial charge in [-0.05, 0) is 36.6 Å². The predicted molar refractivity (Wildman–Crippen MR) is 119 cm³/mol. The molecule has 1 saturated carbocycles. The average molecular weight is 428 g/mol. The van der Waals surface area contributed by atoms with Gasteiger partial charge < -0.3 is 4.57 Å². The van der Waals surface area contributed by atoms with E-state index < -0.39 is 0 Å². The van der Waals surface area contributed by atoms with Gasteiger partial charge in [0.1, 0.15) is 6.07 Å². The third-order valence-corrected chi connectivity index (χ3v) is 5.88. The highest BCUT2D eigenvalue weighted by Crippen LogP contribution is 2.39. The van der Waals surface area contributed by atoms with E-state index in [0.717, 1.165) is 27.9 Å². The summed E-state index contributed by atoms with van der Waals surface area (Å²) in [6, 6.07) is 13.1. The molecule has 1 aliphatic carbocycles. The molecule has 3 aromatic heterocycles. The minimum atomic E-state index is -0.0981. The number of aryl methyl sites for hydroxylation is 1. The number of pyridine rings is 2. The van der Waals surface area contributed by atoms with Crippen LogP contribution in [0.5, 0.6) is 0 Å². The van der Waals surface area contributed by atoms with Crippen LogP contribution in [-0.2, 0) is 7.05 Å². The molecule has 0 spiro atoms. The first kappa shape index (κ1) is 19.3. The molecule has 1 aliphatic rings. The van der Waals surface area contributed by atoms with E-state index in [1.54, 1.807) is 53.0 Å². The van der Waals surface area contributed by atoms with Gasteiger partial charge in [-0.1, -0.05) is 23.7 Å². The number of aromatic nitrogens is 4. The van der Waals surface area contributed by atoms with Crippen molar-refractivity contribution < 1.29 is 0 Å². The summed E-state index contributed by atoms with van der Waals surface area (Å²) in [6.45, 7) is 0. The van der Waals surface area contributed by atoms with Crippen molar-refractivity contribution in [1.82, 2.24) is 19.3 Å². The second kappa shape index (κ2) is 7.53. The minimum absolute atomic E-state index is 0.0981. The van der Waals surface area contributed by atoms with Gasteiger partial charge in [-0.2, -0.15) is 10.4 Å². The van der Waals surface area contributed by atoms with Gasteiger partial charge >= 0.3 is 0 Å². The molecule has 7 heteroatoms. The Hall–Kier alpha value is -3.69. The van der Waals surface area contributed by atoms with Crippen LogP contribution in [0, 0.1) is 11.3 Å². The molecular weight excluding hydrogens is 410 g/mol. The van der Waals surface area contributed by atoms with Gasteiger partial charge in [0.15, 0.2) is 0 Å². The average Bonchev–Trinajstić information content (AvgIpc) is 3.52. The summed E-state index contributed by atoms with van der Waals surface area (Å²) in [6.07, 6.45) is 9.57. The lowest BCUT2D eigenvalue weighted by molar-refractivity contribution is 0.863. The molecule has 31 heavy (non-hydrogen) atoms. The summed E-state index contributed by atoms with van der Waals surface area (Å²) in [5, 5.41) is 14.3. The van der Waals surface area contributed by atoms with Crippen molar-refractivity contribution >= 4 is 11.6 Å². The standard InChI is InChI=1S/C24H18ClN5O/c1-29-14-20(17-12-28-30(13-17)23-4-2-3-21(25)19(23)10-26)18(9-24(29)31)16-7-8-22(27-11-16)15-5-6-15/h2-4,7-9,11-15H,5-6H2,1H3. The Balaban J connectivity index is 1.62. The van der Waals surface area contributed by atoms with Crippen molar-refractivity contribution in [1.29, 1.82) is 5.26 Å². The van der Waals surface area contributed by atoms with Gasteiger partial charge in [0.25, 0.3) is 5.56 Å². The predicted octanol–water partition coefficient (Wildman–Crippen LogP) is 4.70. The maximum Gasteiger partial charge on any atom is 0.250 e. The highest BCUT2D eigenvalue weighted by molar-refractivity contribution is 6.32. The van der Waals surface area contributed by atoms with Gasteiger partial charge in [-0.15, -0.1) is 0 Å². The first-order chi connectivity index (χ1) is 15.0. The number of benzene rings is 1. The molecule has 1 fully saturated rings. The van der Waals surface area contributed by atoms with Gasteiger partial charge in [0.2, 0.25) is 0 Å². The van der Waals surface area contributed by atoms with E-state index in [4.69, 9.17) is 11.6 Å². The summed E-state index contributed by atoms with van der Waals surface area (Å²) < 4.78 is 3.17. The zero-order valence-electron chi connectivity index (χ0n) is 16.8. The van der Waals surface area contributed by atoms with Crippen LogP contribution in [0.3, 0.4) is 0 Å². The van der Waals surface area contributed by atoms with Crippen LogP contribution in [-0.4, -0.2) is 19.3 Å². The number of hydrogen-bond donors (Lipinski definition) is 0. The van der Waals surface area contributed by atoms with Crippen molar-refractivity contribution in [3.8, 4) is 34.0 Å². The van der Waals surface area contributed by atoms with Crippen LogP contribution in [0.15, 0.2) is 66.0 Å². The van der Waals surface area contributed by atoms with Crippen LogP contribution < -0.4 is 5.56 Å². The van der Waals surface area contributed by atoms with Crippen LogP contribution in [0.1, 0.15) is 30.0 Å². The maximum atomic E-state index is 12.4. The molecule has 152 valence electrons. The maximum absolute atomic E-state index is 12.4. The fraction of sp³-hybridized carbons (Fsp3) is 0.167. The normalized spacial score (nSPS) is 13.2. The molecule has 0 aliphatic heterocycles. The van der Waals surface area contributed by atoms with Crippen molar-refractivity contribution in [3.63, 3.8) is 0 Å². The second-order valence-corrected chi connectivity index (χ2v) is 8.12. The minimum Gasteiger partial charge on any atom is -0.318 e. The number of nitriles is 1. The number of halogens is 1. The summed E-state index contributed by atoms with van der Waals surface area (Å²) in [5.74, 6) is 0.572. The zero-order valence-corrected chi connectivity index (χ0v) is 17.5. The van der Waals surface area contributed by atoms with Gasteiger partial charge in [-0.3, -0.25) is 9.78 Å². The van der Waals surface area contributed by atoms with E-state index in [-0.39, 0.29) is 5.56 Å². The molecule has 0 saturated heterocycles. The van der Waals surface area contributed by atoms with Crippen molar-refractivity contribution in [2.45, 2.75) is 18.8 Å². The Morgan fingerprint density at radius 3 is 2.65 bits per heavy atom. The van der Waals surface area contributed by atoms with Gasteiger partial charge in [0.05, 0.1) is 22.5 Å². The quantitative estimate of drug-likeness (QED) is 0.473. The summed E-state index contributed by atoms with van der Waals surface area (Å²) >= 11 is 6.18. The summed E-state index contributed by atoms with van der Waals surface area (Å²) in [4.78, 5) is 17.0. The second-order valence-electron chi connectivity index (χ2n) is 7.72. The van der Waals surface area contributed by atoms with E-state index in [1.165, 1.54) is 12.8 Å². The Kier molecular flexibility index (Phi) is 4.68. The Bertz CT molecular complexity index is 1390. The van der Waals surface area contributed by atoms with E-state index in [2.05, 4.69) is 16.2 Å². The van der Waals surface area contributed by atoms with E-state index in [9.17, 15) is 10.1 Å². The molecule has 4 aromatic rings. The largest absolute Gasteiger partial charge is 0.318 e. The number of nitrogens with zero attached hydrogens (tertiary/aromatic N) is 5. The smallest absolute Gasteiger partial charge is 0.250 e. The molecule has 3 heterocycles. The molecule has 0 unspecified atom stereocenters. The van der Waals surface area contributed by atoms with Gasteiger partial charge in [0, 0.05) is 60.0 Å². The molecule has 0 N–H and O–H groups in total. The third-order valence-electron chi connectivity index (χ3n) is 5.57. The van der Waals surface area contributed by atoms with Crippen LogP contribution >= 0.6 is 11.6 Å². The summed E-state index contributed by atoms with van der Waals surface area (Å²) in [7, 11) is 1.72. The van der Waals surface area contributed by atoms with Crippen molar-refractivity contribution in [2.24, 2.45) is 7.05 Å². The topological polar surface area (TPSA) is 76.5 Å². The molecule has 0 amide bonds. The van der Waals surface area contributed by atoms with Crippen LogP contribution in [0.2, 0.25) is 5.02 Å². The van der Waals surface area contributed by atoms with Gasteiger partial charge in [-0.25, -0.2) is 4.68 Å². The van der Waals surface area contributed by atoms with E-state index in [1.807, 2.05) is 24.5 Å². The highest BCUT2D eigenvalue weighted by atomic mass is 35.5. The van der Waals surface area contributed by atoms with Crippen LogP contribution in [0.25, 0.3) is 27.9 Å². The molecule has 0 atom stereocenters. The molecule has 6 nitrogen and oxygen atoms in total. The fourth-order valence-corrected chi connectivity index (χ4v) is 3.90. The van der Waals surface area contributed by atoms with E-state index >= 15 is 0 Å². The van der Waals surface area contributed by atoms with Crippen LogP contribution in [0.4, 0.5) is 0 Å². The third kappa shape index (κ3) is 3.54. The SMILES string of the molecule is Cn1cc(-c2cnn(-c3cccc(Cl)c3C#N)c2)c(-c2ccc(C3CC3)nc2)cc1=O. The Labute approximate surface area is 184 Å². The van der Waals surface area contributed by atoms with Crippen molar-refractivity contribution in [3.05, 3.63) is 87.8 Å². The number of hydrogen-bond acceptors (Lipinski definition) is 4. The molecule has 0 radical (unpaired) electrons. The molecule has 0 bridgehead atoms. The lowest BCUT2D eigenvalue weighted by atomic mass is 9.99. The monoisotopic (exact) mass is 427 g/mol. The fourth-order valence-electron chi connectivity index (χ4n) is 3.69. The highest BCUT2D eigenvalue weighted by Gasteiger charge is 2.24. The summed E-state index contributed by atoms with van der Waals surface area (Å²) in [5.41, 5.74) is 5.32. The number of rotatable bonds is 4. The lowest BCUT2D eigenvalue weighted by Crippen LogP contribution is -2.15. The van der Waals surface area contributed by atoms with E-state index in [0.29, 0.717) is 22.2 Å². The lowest BCUT2D eigenvalue weighted by Gasteiger charge is -2.11. The molecular formula is C24H18ClN5O. The Morgan fingerprint density at radius 2 is 1.94 bits per heavy atom. The molecule has 5 rings (SSSR count). The Morgan fingerprint density at radius 1 is 1.10 bits per heavy atom. The molecule has 1 aromatic carbocycles. The first-order valence-electron chi connectivity index (χ1n) is 9.96. The first-order valence-corrected chi connectivity index (χ1v) is 10.3. The zero-order chi connectivity index (χ0) is 21.5.